The number of morpholine rings is 1. The topological polar surface area (TPSA) is 79.4 Å². The van der Waals surface area contributed by atoms with E-state index in [9.17, 15) is 10.1 Å². The number of nitriles is 1. The molecule has 3 rings (SSSR count). The molecule has 1 aliphatic rings. The average Bonchev–Trinajstić information content (AvgIpc) is 3.08. The van der Waals surface area contributed by atoms with Crippen LogP contribution in [0.15, 0.2) is 35.0 Å². The highest BCUT2D eigenvalue weighted by molar-refractivity contribution is 7.07. The number of anilines is 1. The first-order valence-corrected chi connectivity index (χ1v) is 8.14. The zero-order valence-electron chi connectivity index (χ0n) is 12.5. The minimum Gasteiger partial charge on any atom is -0.367 e. The van der Waals surface area contributed by atoms with Gasteiger partial charge in [-0.3, -0.25) is 10.1 Å². The van der Waals surface area contributed by atoms with Crippen LogP contribution in [0.25, 0.3) is 0 Å². The standard InChI is InChI=1S/C16H15N3O3S/c1-11-8-18(9-16(22-11)13-4-5-23-10-13)14-3-2-12(7-17)6-15(14)19(20)21/h2-6,10-11,16H,8-9H2,1H3. The van der Waals surface area contributed by atoms with Crippen LogP contribution in [0.2, 0.25) is 0 Å². The fraction of sp³-hybridized carbons (Fsp3) is 0.312. The molecule has 0 bridgehead atoms. The van der Waals surface area contributed by atoms with Crippen LogP contribution in [-0.4, -0.2) is 24.1 Å². The monoisotopic (exact) mass is 329 g/mol. The van der Waals surface area contributed by atoms with Gasteiger partial charge in [0.15, 0.2) is 0 Å². The summed E-state index contributed by atoms with van der Waals surface area (Å²) >= 11 is 1.60. The van der Waals surface area contributed by atoms with E-state index in [1.165, 1.54) is 6.07 Å². The molecule has 0 radical (unpaired) electrons. The van der Waals surface area contributed by atoms with Crippen LogP contribution in [-0.2, 0) is 4.74 Å². The summed E-state index contributed by atoms with van der Waals surface area (Å²) in [6.07, 6.45) is -0.149. The molecular formula is C16H15N3O3S. The van der Waals surface area contributed by atoms with Crippen LogP contribution in [0.5, 0.6) is 0 Å². The first-order valence-electron chi connectivity index (χ1n) is 7.19. The molecule has 0 saturated carbocycles. The van der Waals surface area contributed by atoms with Crippen LogP contribution < -0.4 is 4.90 Å². The quantitative estimate of drug-likeness (QED) is 0.636. The summed E-state index contributed by atoms with van der Waals surface area (Å²) in [7, 11) is 0. The zero-order chi connectivity index (χ0) is 16.4. The maximum absolute atomic E-state index is 11.4. The van der Waals surface area contributed by atoms with E-state index in [1.54, 1.807) is 23.5 Å². The van der Waals surface area contributed by atoms with E-state index in [4.69, 9.17) is 10.00 Å². The molecular weight excluding hydrogens is 314 g/mol. The molecule has 118 valence electrons. The molecule has 6 nitrogen and oxygen atoms in total. The minimum atomic E-state index is -0.435. The van der Waals surface area contributed by atoms with Gasteiger partial charge in [0.25, 0.3) is 5.69 Å². The van der Waals surface area contributed by atoms with Crippen LogP contribution in [0.3, 0.4) is 0 Å². The highest BCUT2D eigenvalue weighted by Crippen LogP contribution is 2.35. The van der Waals surface area contributed by atoms with Crippen molar-refractivity contribution in [3.05, 3.63) is 56.3 Å². The Balaban J connectivity index is 1.94. The first kappa shape index (κ1) is 15.5. The number of rotatable bonds is 3. The Morgan fingerprint density at radius 3 is 2.91 bits per heavy atom. The smallest absolute Gasteiger partial charge is 0.293 e. The van der Waals surface area contributed by atoms with Gasteiger partial charge in [-0.2, -0.15) is 16.6 Å². The second-order valence-corrected chi connectivity index (χ2v) is 6.25. The van der Waals surface area contributed by atoms with Crippen LogP contribution in [0.4, 0.5) is 11.4 Å². The number of nitro benzene ring substituents is 1. The summed E-state index contributed by atoms with van der Waals surface area (Å²) in [5.74, 6) is 0. The van der Waals surface area contributed by atoms with Crippen molar-refractivity contribution in [1.82, 2.24) is 0 Å². The highest BCUT2D eigenvalue weighted by Gasteiger charge is 2.30. The van der Waals surface area contributed by atoms with Gasteiger partial charge < -0.3 is 9.64 Å². The van der Waals surface area contributed by atoms with Gasteiger partial charge in [-0.1, -0.05) is 0 Å². The molecule has 1 aromatic carbocycles. The van der Waals surface area contributed by atoms with Crippen molar-refractivity contribution in [3.63, 3.8) is 0 Å². The largest absolute Gasteiger partial charge is 0.367 e. The van der Waals surface area contributed by atoms with Gasteiger partial charge in [0.2, 0.25) is 0 Å². The molecule has 1 saturated heterocycles. The second kappa shape index (κ2) is 6.36. The Morgan fingerprint density at radius 2 is 2.26 bits per heavy atom. The highest BCUT2D eigenvalue weighted by atomic mass is 32.1. The van der Waals surface area contributed by atoms with Gasteiger partial charge >= 0.3 is 0 Å². The third kappa shape index (κ3) is 3.18. The maximum Gasteiger partial charge on any atom is 0.293 e. The Labute approximate surface area is 137 Å². The third-order valence-corrected chi connectivity index (χ3v) is 4.52. The van der Waals surface area contributed by atoms with Gasteiger partial charge in [-0.15, -0.1) is 0 Å². The average molecular weight is 329 g/mol. The molecule has 0 N–H and O–H groups in total. The number of hydrogen-bond donors (Lipinski definition) is 0. The van der Waals surface area contributed by atoms with E-state index in [1.807, 2.05) is 34.7 Å². The molecule has 2 heterocycles. The molecule has 1 fully saturated rings. The molecule has 2 atom stereocenters. The maximum atomic E-state index is 11.4. The molecule has 2 aromatic rings. The Kier molecular flexibility index (Phi) is 4.28. The molecule has 2 unspecified atom stereocenters. The van der Waals surface area contributed by atoms with Crippen molar-refractivity contribution < 1.29 is 9.66 Å². The SMILES string of the molecule is CC1CN(c2ccc(C#N)cc2[N+](=O)[O-])CC(c2ccsc2)O1. The van der Waals surface area contributed by atoms with Gasteiger partial charge in [0.05, 0.1) is 22.7 Å². The van der Waals surface area contributed by atoms with E-state index in [0.29, 0.717) is 18.8 Å². The minimum absolute atomic E-state index is 0.0381. The summed E-state index contributed by atoms with van der Waals surface area (Å²) < 4.78 is 5.97. The second-order valence-electron chi connectivity index (χ2n) is 5.47. The van der Waals surface area contributed by atoms with Crippen LogP contribution in [0, 0.1) is 21.4 Å². The first-order chi connectivity index (χ1) is 11.1. The van der Waals surface area contributed by atoms with E-state index in [0.717, 1.165) is 5.56 Å². The van der Waals surface area contributed by atoms with Gasteiger partial charge in [0, 0.05) is 19.2 Å². The van der Waals surface area contributed by atoms with E-state index in [-0.39, 0.29) is 23.5 Å². The van der Waals surface area contributed by atoms with Crippen LogP contribution in [0.1, 0.15) is 24.2 Å². The molecule has 0 spiro atoms. The van der Waals surface area contributed by atoms with E-state index in [2.05, 4.69) is 0 Å². The summed E-state index contributed by atoms with van der Waals surface area (Å²) in [5, 5.41) is 24.3. The lowest BCUT2D eigenvalue weighted by atomic mass is 10.1. The van der Waals surface area contributed by atoms with Crippen molar-refractivity contribution in [1.29, 1.82) is 5.26 Å². The Morgan fingerprint density at radius 1 is 1.43 bits per heavy atom. The van der Waals surface area contributed by atoms with Crippen molar-refractivity contribution in [3.8, 4) is 6.07 Å². The third-order valence-electron chi connectivity index (χ3n) is 3.82. The van der Waals surface area contributed by atoms with E-state index < -0.39 is 4.92 Å². The molecule has 1 aromatic heterocycles. The number of nitrogens with zero attached hydrogens (tertiary/aromatic N) is 3. The van der Waals surface area contributed by atoms with Crippen molar-refractivity contribution in [2.24, 2.45) is 0 Å². The van der Waals surface area contributed by atoms with Gasteiger partial charge in [0.1, 0.15) is 11.8 Å². The summed E-state index contributed by atoms with van der Waals surface area (Å²) in [6.45, 7) is 3.09. The van der Waals surface area contributed by atoms with Gasteiger partial charge in [-0.05, 0) is 41.4 Å². The van der Waals surface area contributed by atoms with Crippen LogP contribution >= 0.6 is 11.3 Å². The molecule has 0 aliphatic carbocycles. The number of nitro groups is 1. The van der Waals surface area contributed by atoms with Crippen molar-refractivity contribution in [2.75, 3.05) is 18.0 Å². The Hall–Kier alpha value is -2.43. The summed E-state index contributed by atoms with van der Waals surface area (Å²) in [5.41, 5.74) is 1.87. The fourth-order valence-electron chi connectivity index (χ4n) is 2.80. The summed E-state index contributed by atoms with van der Waals surface area (Å²) in [4.78, 5) is 12.9. The zero-order valence-corrected chi connectivity index (χ0v) is 13.3. The molecule has 23 heavy (non-hydrogen) atoms. The summed E-state index contributed by atoms with van der Waals surface area (Å²) in [6, 6.07) is 8.55. The lowest BCUT2D eigenvalue weighted by molar-refractivity contribution is -0.384. The number of hydrogen-bond acceptors (Lipinski definition) is 6. The number of thiophene rings is 1. The lowest BCUT2D eigenvalue weighted by Gasteiger charge is -2.37. The molecule has 7 heteroatoms. The molecule has 1 aliphatic heterocycles. The van der Waals surface area contributed by atoms with Crippen molar-refractivity contribution in [2.45, 2.75) is 19.1 Å². The number of benzene rings is 1. The normalized spacial score (nSPS) is 21.0. The number of ether oxygens (including phenoxy) is 1. The Bertz CT molecular complexity index is 754. The predicted octanol–water partition coefficient (Wildman–Crippen LogP) is 3.49. The lowest BCUT2D eigenvalue weighted by Crippen LogP contribution is -2.43. The van der Waals surface area contributed by atoms with E-state index >= 15 is 0 Å². The van der Waals surface area contributed by atoms with Gasteiger partial charge in [-0.25, -0.2) is 0 Å². The molecule has 0 amide bonds. The fourth-order valence-corrected chi connectivity index (χ4v) is 3.50. The van der Waals surface area contributed by atoms with Crippen molar-refractivity contribution >= 4 is 22.7 Å². The predicted molar refractivity (Wildman–Crippen MR) is 87.6 cm³/mol.